The zero-order valence-corrected chi connectivity index (χ0v) is 9.23. The first-order valence-corrected chi connectivity index (χ1v) is 4.81. The van der Waals surface area contributed by atoms with Crippen LogP contribution in [0.5, 0.6) is 0 Å². The Morgan fingerprint density at radius 1 is 1.06 bits per heavy atom. The molecule has 84 valence electrons. The van der Waals surface area contributed by atoms with Crippen molar-refractivity contribution in [2.45, 2.75) is 6.42 Å². The molecule has 2 nitrogen and oxygen atoms in total. The summed E-state index contributed by atoms with van der Waals surface area (Å²) in [5, 5.41) is 7.84. The minimum Gasteiger partial charge on any atom is -0.481 e. The van der Waals surface area contributed by atoms with Crippen LogP contribution in [0.2, 0.25) is 0 Å². The van der Waals surface area contributed by atoms with Crippen LogP contribution in [0, 0.1) is 0 Å². The maximum atomic E-state index is 9.53. The van der Waals surface area contributed by atoms with Crippen LogP contribution in [0.15, 0.2) is 50.1 Å². The third-order valence-corrected chi connectivity index (χ3v) is 1.73. The molecule has 0 unspecified atom stereocenters. The fourth-order valence-electron chi connectivity index (χ4n) is 0.892. The largest absolute Gasteiger partial charge is 0.481 e. The minimum atomic E-state index is -0.829. The van der Waals surface area contributed by atoms with E-state index in [0.29, 0.717) is 0 Å². The van der Waals surface area contributed by atoms with Crippen LogP contribution in [0.25, 0.3) is 12.2 Å². The molecule has 0 saturated carbocycles. The fourth-order valence-corrected chi connectivity index (χ4v) is 0.892. The summed E-state index contributed by atoms with van der Waals surface area (Å²) >= 11 is 0. The van der Waals surface area contributed by atoms with Crippen molar-refractivity contribution >= 4 is 18.1 Å². The Bertz CT molecular complexity index is 334. The fraction of sp³-hybridized carbons (Fsp3) is 0.0714. The number of carboxylic acids is 1. The van der Waals surface area contributed by atoms with Gasteiger partial charge in [0.25, 0.3) is 0 Å². The number of rotatable bonds is 4. The van der Waals surface area contributed by atoms with Gasteiger partial charge in [-0.05, 0) is 11.1 Å². The zero-order valence-electron chi connectivity index (χ0n) is 9.23. The molecule has 0 amide bonds. The lowest BCUT2D eigenvalue weighted by atomic mass is 10.1. The van der Waals surface area contributed by atoms with E-state index < -0.39 is 5.97 Å². The standard InChI is InChI=1S/C10H10.C4H6O2/c1-3-9-5-7-10(4-2)8-6-9;1-2-3-4(5)6/h3-8H,1-2H2;2H,1,3H2,(H,5,6). The van der Waals surface area contributed by atoms with E-state index in [-0.39, 0.29) is 6.42 Å². The number of hydrogen-bond acceptors (Lipinski definition) is 1. The van der Waals surface area contributed by atoms with Crippen LogP contribution < -0.4 is 0 Å². The van der Waals surface area contributed by atoms with Gasteiger partial charge in [0.15, 0.2) is 0 Å². The van der Waals surface area contributed by atoms with Gasteiger partial charge in [-0.25, -0.2) is 0 Å². The van der Waals surface area contributed by atoms with Gasteiger partial charge >= 0.3 is 5.97 Å². The summed E-state index contributed by atoms with van der Waals surface area (Å²) in [6.45, 7) is 10.5. The molecule has 0 aliphatic heterocycles. The summed E-state index contributed by atoms with van der Waals surface area (Å²) in [5.74, 6) is -0.829. The molecule has 0 spiro atoms. The Labute approximate surface area is 96.2 Å². The van der Waals surface area contributed by atoms with E-state index >= 15 is 0 Å². The molecule has 0 heterocycles. The Kier molecular flexibility index (Phi) is 7.16. The van der Waals surface area contributed by atoms with Gasteiger partial charge in [0.05, 0.1) is 6.42 Å². The molecule has 0 saturated heterocycles. The second-order valence-corrected chi connectivity index (χ2v) is 2.96. The van der Waals surface area contributed by atoms with E-state index in [2.05, 4.69) is 19.7 Å². The van der Waals surface area contributed by atoms with Gasteiger partial charge in [0, 0.05) is 0 Å². The highest BCUT2D eigenvalue weighted by molar-refractivity contribution is 5.68. The van der Waals surface area contributed by atoms with Gasteiger partial charge in [0.2, 0.25) is 0 Å². The van der Waals surface area contributed by atoms with Crippen molar-refractivity contribution in [2.24, 2.45) is 0 Å². The van der Waals surface area contributed by atoms with Crippen molar-refractivity contribution in [3.63, 3.8) is 0 Å². The average molecular weight is 216 g/mol. The highest BCUT2D eigenvalue weighted by Crippen LogP contribution is 2.05. The van der Waals surface area contributed by atoms with E-state index in [1.165, 1.54) is 6.08 Å². The van der Waals surface area contributed by atoms with Gasteiger partial charge in [-0.2, -0.15) is 0 Å². The summed E-state index contributed by atoms with van der Waals surface area (Å²) in [7, 11) is 0. The van der Waals surface area contributed by atoms with E-state index in [4.69, 9.17) is 5.11 Å². The predicted molar refractivity (Wildman–Crippen MR) is 69.1 cm³/mol. The van der Waals surface area contributed by atoms with Crippen molar-refractivity contribution in [3.8, 4) is 0 Å². The van der Waals surface area contributed by atoms with Gasteiger partial charge in [-0.3, -0.25) is 4.79 Å². The highest BCUT2D eigenvalue weighted by Gasteiger charge is 1.84. The molecule has 0 aromatic heterocycles. The SMILES string of the molecule is C=CCC(=O)O.C=Cc1ccc(C=C)cc1. The highest BCUT2D eigenvalue weighted by atomic mass is 16.4. The molecule has 1 N–H and O–H groups in total. The first-order valence-electron chi connectivity index (χ1n) is 4.81. The predicted octanol–water partition coefficient (Wildman–Crippen LogP) is 3.62. The normalized spacial score (nSPS) is 8.25. The van der Waals surface area contributed by atoms with Crippen LogP contribution in [0.3, 0.4) is 0 Å². The van der Waals surface area contributed by atoms with Crippen molar-refractivity contribution in [1.82, 2.24) is 0 Å². The molecular formula is C14H16O2. The van der Waals surface area contributed by atoms with Crippen LogP contribution in [-0.2, 0) is 4.79 Å². The lowest BCUT2D eigenvalue weighted by molar-refractivity contribution is -0.135. The van der Waals surface area contributed by atoms with Crippen molar-refractivity contribution in [3.05, 3.63) is 61.2 Å². The van der Waals surface area contributed by atoms with Crippen LogP contribution in [-0.4, -0.2) is 11.1 Å². The number of carboxylic acid groups (broad SMARTS) is 1. The van der Waals surface area contributed by atoms with Crippen LogP contribution in [0.1, 0.15) is 17.5 Å². The quantitative estimate of drug-likeness (QED) is 0.780. The lowest BCUT2D eigenvalue weighted by Gasteiger charge is -1.92. The number of benzene rings is 1. The van der Waals surface area contributed by atoms with Gasteiger partial charge in [-0.1, -0.05) is 55.7 Å². The smallest absolute Gasteiger partial charge is 0.307 e. The van der Waals surface area contributed by atoms with Crippen LogP contribution in [0.4, 0.5) is 0 Å². The Hall–Kier alpha value is -2.09. The molecule has 2 heteroatoms. The van der Waals surface area contributed by atoms with Gasteiger partial charge in [0.1, 0.15) is 0 Å². The lowest BCUT2D eigenvalue weighted by Crippen LogP contribution is -1.88. The number of hydrogen-bond donors (Lipinski definition) is 1. The van der Waals surface area contributed by atoms with E-state index in [1.54, 1.807) is 0 Å². The van der Waals surface area contributed by atoms with Gasteiger partial charge in [-0.15, -0.1) is 6.58 Å². The Morgan fingerprint density at radius 2 is 1.44 bits per heavy atom. The molecule has 0 bridgehead atoms. The van der Waals surface area contributed by atoms with Crippen molar-refractivity contribution in [2.75, 3.05) is 0 Å². The summed E-state index contributed by atoms with van der Waals surface area (Å²) in [4.78, 5) is 9.53. The molecule has 0 aliphatic rings. The summed E-state index contributed by atoms with van der Waals surface area (Å²) in [6.07, 6.45) is 5.06. The summed E-state index contributed by atoms with van der Waals surface area (Å²) in [6, 6.07) is 8.07. The molecule has 1 aromatic carbocycles. The first-order chi connectivity index (χ1) is 7.63. The molecule has 16 heavy (non-hydrogen) atoms. The topological polar surface area (TPSA) is 37.3 Å². The van der Waals surface area contributed by atoms with E-state index in [0.717, 1.165) is 11.1 Å². The van der Waals surface area contributed by atoms with Crippen LogP contribution >= 0.6 is 0 Å². The van der Waals surface area contributed by atoms with E-state index in [9.17, 15) is 4.79 Å². The zero-order chi connectivity index (χ0) is 12.4. The maximum Gasteiger partial charge on any atom is 0.307 e. The third kappa shape index (κ3) is 6.38. The number of aliphatic carboxylic acids is 1. The molecule has 1 aromatic rings. The van der Waals surface area contributed by atoms with E-state index in [1.807, 2.05) is 36.4 Å². The second kappa shape index (κ2) is 8.24. The molecular weight excluding hydrogens is 200 g/mol. The molecule has 0 fully saturated rings. The maximum absolute atomic E-state index is 9.53. The third-order valence-electron chi connectivity index (χ3n) is 1.73. The summed E-state index contributed by atoms with van der Waals surface area (Å²) in [5.41, 5.74) is 2.29. The van der Waals surface area contributed by atoms with Crippen molar-refractivity contribution < 1.29 is 9.90 Å². The first kappa shape index (κ1) is 13.9. The molecule has 0 atom stereocenters. The minimum absolute atomic E-state index is 0.0556. The summed E-state index contributed by atoms with van der Waals surface area (Å²) < 4.78 is 0. The molecule has 1 rings (SSSR count). The Morgan fingerprint density at radius 3 is 1.56 bits per heavy atom. The number of carbonyl (C=O) groups is 1. The van der Waals surface area contributed by atoms with Gasteiger partial charge < -0.3 is 5.11 Å². The molecule has 0 radical (unpaired) electrons. The molecule has 0 aliphatic carbocycles. The Balaban J connectivity index is 0.000000325. The second-order valence-electron chi connectivity index (χ2n) is 2.96. The monoisotopic (exact) mass is 216 g/mol. The average Bonchev–Trinajstić information content (AvgIpc) is 2.30. The van der Waals surface area contributed by atoms with Crippen molar-refractivity contribution in [1.29, 1.82) is 0 Å².